The molecule has 0 unspecified atom stereocenters. The molecule has 2 aromatic carbocycles. The van der Waals surface area contributed by atoms with Crippen molar-refractivity contribution >= 4 is 27.5 Å². The molecule has 4 rings (SSSR count). The summed E-state index contributed by atoms with van der Waals surface area (Å²) in [6.45, 7) is 1.12. The van der Waals surface area contributed by atoms with E-state index in [-0.39, 0.29) is 17.4 Å². The standard InChI is InChI=1S/C19H16F2N2OS/c20-14-8-13(9-15(21)10-14)19(24)23-7-3-4-12(11-23)18-22-16-5-1-2-6-17(16)25-18/h1-2,5-6,8-10,12H,3-4,7,11H2/t12-/m0/s1. The number of aromatic nitrogens is 1. The third-order valence-corrected chi connectivity index (χ3v) is 5.68. The van der Waals surface area contributed by atoms with Gasteiger partial charge in [-0.05, 0) is 37.1 Å². The van der Waals surface area contributed by atoms with Crippen LogP contribution >= 0.6 is 11.3 Å². The Bertz CT molecular complexity index is 887. The van der Waals surface area contributed by atoms with Crippen LogP contribution in [0.5, 0.6) is 0 Å². The Balaban J connectivity index is 1.57. The van der Waals surface area contributed by atoms with Crippen LogP contribution in [0.3, 0.4) is 0 Å². The molecule has 2 heterocycles. The second-order valence-corrected chi connectivity index (χ2v) is 7.33. The highest BCUT2D eigenvalue weighted by molar-refractivity contribution is 7.18. The zero-order valence-corrected chi connectivity index (χ0v) is 14.2. The van der Waals surface area contributed by atoms with Crippen LogP contribution in [0.25, 0.3) is 10.2 Å². The molecule has 1 fully saturated rings. The van der Waals surface area contributed by atoms with Gasteiger partial charge in [0.1, 0.15) is 11.6 Å². The number of likely N-dealkylation sites (tertiary alicyclic amines) is 1. The molecule has 0 N–H and O–H groups in total. The average molecular weight is 358 g/mol. The van der Waals surface area contributed by atoms with Crippen LogP contribution in [0.15, 0.2) is 42.5 Å². The first-order chi connectivity index (χ1) is 12.1. The number of carbonyl (C=O) groups excluding carboxylic acids is 1. The van der Waals surface area contributed by atoms with Gasteiger partial charge in [-0.15, -0.1) is 11.3 Å². The highest BCUT2D eigenvalue weighted by Gasteiger charge is 2.28. The molecule has 3 nitrogen and oxygen atoms in total. The predicted molar refractivity (Wildman–Crippen MR) is 93.9 cm³/mol. The van der Waals surface area contributed by atoms with Gasteiger partial charge in [0.2, 0.25) is 0 Å². The second kappa shape index (κ2) is 6.52. The lowest BCUT2D eigenvalue weighted by molar-refractivity contribution is 0.0706. The Morgan fingerprint density at radius 1 is 1.16 bits per heavy atom. The number of rotatable bonds is 2. The third-order valence-electron chi connectivity index (χ3n) is 4.48. The summed E-state index contributed by atoms with van der Waals surface area (Å²) in [6.07, 6.45) is 1.81. The number of nitrogens with zero attached hydrogens (tertiary/aromatic N) is 2. The topological polar surface area (TPSA) is 33.2 Å². The maximum Gasteiger partial charge on any atom is 0.254 e. The summed E-state index contributed by atoms with van der Waals surface area (Å²) in [5, 5.41) is 1.02. The van der Waals surface area contributed by atoms with Gasteiger partial charge in [-0.1, -0.05) is 12.1 Å². The van der Waals surface area contributed by atoms with Gasteiger partial charge >= 0.3 is 0 Å². The minimum atomic E-state index is -0.733. The lowest BCUT2D eigenvalue weighted by atomic mass is 9.98. The number of para-hydroxylation sites is 1. The Kier molecular flexibility index (Phi) is 4.21. The van der Waals surface area contributed by atoms with E-state index in [2.05, 4.69) is 0 Å². The summed E-state index contributed by atoms with van der Waals surface area (Å²) in [7, 11) is 0. The van der Waals surface area contributed by atoms with Crippen molar-refractivity contribution in [3.63, 3.8) is 0 Å². The molecular weight excluding hydrogens is 342 g/mol. The van der Waals surface area contributed by atoms with Crippen molar-refractivity contribution in [2.24, 2.45) is 0 Å². The SMILES string of the molecule is O=C(c1cc(F)cc(F)c1)N1CCC[C@H](c2nc3ccccc3s2)C1. The smallest absolute Gasteiger partial charge is 0.254 e. The van der Waals surface area contributed by atoms with Gasteiger partial charge in [0, 0.05) is 30.6 Å². The molecule has 3 aromatic rings. The zero-order chi connectivity index (χ0) is 17.4. The number of amides is 1. The van der Waals surface area contributed by atoms with Crippen LogP contribution < -0.4 is 0 Å². The minimum absolute atomic E-state index is 0.0578. The maximum absolute atomic E-state index is 13.4. The monoisotopic (exact) mass is 358 g/mol. The third kappa shape index (κ3) is 3.26. The lowest BCUT2D eigenvalue weighted by Crippen LogP contribution is -2.39. The molecule has 1 aliphatic heterocycles. The Labute approximate surface area is 147 Å². The Hall–Kier alpha value is -2.34. The number of carbonyl (C=O) groups is 1. The fraction of sp³-hybridized carbons (Fsp3) is 0.263. The normalized spacial score (nSPS) is 17.8. The Morgan fingerprint density at radius 3 is 2.68 bits per heavy atom. The fourth-order valence-electron chi connectivity index (χ4n) is 3.29. The summed E-state index contributed by atoms with van der Waals surface area (Å²) < 4.78 is 27.9. The molecule has 1 saturated heterocycles. The van der Waals surface area contributed by atoms with E-state index in [1.165, 1.54) is 0 Å². The van der Waals surface area contributed by atoms with Gasteiger partial charge in [0.15, 0.2) is 0 Å². The number of piperidine rings is 1. The number of hydrogen-bond donors (Lipinski definition) is 0. The highest BCUT2D eigenvalue weighted by atomic mass is 32.1. The van der Waals surface area contributed by atoms with E-state index < -0.39 is 11.6 Å². The quantitative estimate of drug-likeness (QED) is 0.671. The summed E-state index contributed by atoms with van der Waals surface area (Å²) in [5.41, 5.74) is 1.03. The van der Waals surface area contributed by atoms with Crippen molar-refractivity contribution in [1.82, 2.24) is 9.88 Å². The van der Waals surface area contributed by atoms with Gasteiger partial charge in [0.05, 0.1) is 15.2 Å². The first-order valence-electron chi connectivity index (χ1n) is 8.21. The fourth-order valence-corrected chi connectivity index (χ4v) is 4.38. The van der Waals surface area contributed by atoms with Crippen LogP contribution in [0.1, 0.15) is 34.1 Å². The average Bonchev–Trinajstić information content (AvgIpc) is 3.04. The summed E-state index contributed by atoms with van der Waals surface area (Å²) >= 11 is 1.65. The van der Waals surface area contributed by atoms with Gasteiger partial charge < -0.3 is 4.90 Å². The number of fused-ring (bicyclic) bond motifs is 1. The second-order valence-electron chi connectivity index (χ2n) is 6.27. The first kappa shape index (κ1) is 16.1. The van der Waals surface area contributed by atoms with E-state index in [1.54, 1.807) is 16.2 Å². The lowest BCUT2D eigenvalue weighted by Gasteiger charge is -2.32. The zero-order valence-electron chi connectivity index (χ0n) is 13.4. The molecule has 6 heteroatoms. The molecule has 0 saturated carbocycles. The van der Waals surface area contributed by atoms with Crippen LogP contribution in [-0.2, 0) is 0 Å². The van der Waals surface area contributed by atoms with Crippen LogP contribution in [0.4, 0.5) is 8.78 Å². The van der Waals surface area contributed by atoms with E-state index in [1.807, 2.05) is 24.3 Å². The molecule has 1 atom stereocenters. The largest absolute Gasteiger partial charge is 0.338 e. The van der Waals surface area contributed by atoms with Gasteiger partial charge in [-0.3, -0.25) is 4.79 Å². The minimum Gasteiger partial charge on any atom is -0.338 e. The Morgan fingerprint density at radius 2 is 1.92 bits per heavy atom. The van der Waals surface area contributed by atoms with Crippen molar-refractivity contribution in [3.05, 3.63) is 64.7 Å². The molecule has 1 aromatic heterocycles. The molecule has 0 radical (unpaired) electrons. The highest BCUT2D eigenvalue weighted by Crippen LogP contribution is 2.33. The number of benzene rings is 2. The molecule has 1 amide bonds. The molecular formula is C19H16F2N2OS. The molecule has 0 bridgehead atoms. The summed E-state index contributed by atoms with van der Waals surface area (Å²) in [6, 6.07) is 10.9. The van der Waals surface area contributed by atoms with E-state index in [4.69, 9.17) is 4.98 Å². The number of thiazole rings is 1. The van der Waals surface area contributed by atoms with Crippen LogP contribution in [0, 0.1) is 11.6 Å². The molecule has 25 heavy (non-hydrogen) atoms. The summed E-state index contributed by atoms with van der Waals surface area (Å²) in [4.78, 5) is 19.0. The van der Waals surface area contributed by atoms with Gasteiger partial charge in [-0.2, -0.15) is 0 Å². The van der Waals surface area contributed by atoms with E-state index >= 15 is 0 Å². The van der Waals surface area contributed by atoms with E-state index in [0.29, 0.717) is 13.1 Å². The van der Waals surface area contributed by atoms with Crippen LogP contribution in [-0.4, -0.2) is 28.9 Å². The van der Waals surface area contributed by atoms with E-state index in [0.717, 1.165) is 46.3 Å². The molecule has 0 spiro atoms. The van der Waals surface area contributed by atoms with Crippen molar-refractivity contribution in [2.45, 2.75) is 18.8 Å². The van der Waals surface area contributed by atoms with Crippen molar-refractivity contribution in [2.75, 3.05) is 13.1 Å². The van der Waals surface area contributed by atoms with Crippen molar-refractivity contribution in [1.29, 1.82) is 0 Å². The number of hydrogen-bond acceptors (Lipinski definition) is 3. The number of halogens is 2. The maximum atomic E-state index is 13.4. The molecule has 1 aliphatic rings. The van der Waals surface area contributed by atoms with Crippen LogP contribution in [0.2, 0.25) is 0 Å². The van der Waals surface area contributed by atoms with Gasteiger partial charge in [-0.25, -0.2) is 13.8 Å². The van der Waals surface area contributed by atoms with Crippen molar-refractivity contribution < 1.29 is 13.6 Å². The molecule has 0 aliphatic carbocycles. The predicted octanol–water partition coefficient (Wildman–Crippen LogP) is 4.59. The van der Waals surface area contributed by atoms with E-state index in [9.17, 15) is 13.6 Å². The van der Waals surface area contributed by atoms with Crippen molar-refractivity contribution in [3.8, 4) is 0 Å². The molecule has 128 valence electrons. The van der Waals surface area contributed by atoms with Gasteiger partial charge in [0.25, 0.3) is 5.91 Å². The first-order valence-corrected chi connectivity index (χ1v) is 9.02. The summed E-state index contributed by atoms with van der Waals surface area (Å²) in [5.74, 6) is -1.64.